The van der Waals surface area contributed by atoms with E-state index in [0.29, 0.717) is 5.92 Å². The molecule has 3 unspecified atom stereocenters. The van der Waals surface area contributed by atoms with Gasteiger partial charge in [0, 0.05) is 18.0 Å². The molecule has 1 saturated carbocycles. The lowest BCUT2D eigenvalue weighted by molar-refractivity contribution is -0.0519. The summed E-state index contributed by atoms with van der Waals surface area (Å²) in [4.78, 5) is 0. The predicted molar refractivity (Wildman–Crippen MR) is 78.3 cm³/mol. The van der Waals surface area contributed by atoms with Crippen molar-refractivity contribution in [3.8, 4) is 5.75 Å². The Hall–Kier alpha value is -1.02. The Balaban J connectivity index is 1.94. The molecule has 0 bridgehead atoms. The van der Waals surface area contributed by atoms with Gasteiger partial charge in [-0.15, -0.1) is 0 Å². The van der Waals surface area contributed by atoms with Crippen LogP contribution >= 0.6 is 0 Å². The van der Waals surface area contributed by atoms with Gasteiger partial charge < -0.3 is 10.5 Å². The highest BCUT2D eigenvalue weighted by atomic mass is 16.5. The Morgan fingerprint density at radius 3 is 2.84 bits per heavy atom. The first-order chi connectivity index (χ1) is 9.00. The number of aryl methyl sites for hydroxylation is 1. The quantitative estimate of drug-likeness (QED) is 0.765. The first-order valence-corrected chi connectivity index (χ1v) is 7.55. The van der Waals surface area contributed by atoms with Gasteiger partial charge in [-0.05, 0) is 44.1 Å². The molecular weight excluding hydrogens is 234 g/mol. The molecule has 104 valence electrons. The van der Waals surface area contributed by atoms with Crippen molar-refractivity contribution >= 4 is 0 Å². The van der Waals surface area contributed by atoms with E-state index in [9.17, 15) is 0 Å². The molecule has 1 fully saturated rings. The van der Waals surface area contributed by atoms with E-state index < -0.39 is 0 Å². The molecule has 0 amide bonds. The van der Waals surface area contributed by atoms with Gasteiger partial charge in [-0.2, -0.15) is 0 Å². The molecule has 2 nitrogen and oxygen atoms in total. The lowest BCUT2D eigenvalue weighted by Gasteiger charge is -2.49. The van der Waals surface area contributed by atoms with Gasteiger partial charge in [0.25, 0.3) is 0 Å². The number of ether oxygens (including phenoxy) is 1. The summed E-state index contributed by atoms with van der Waals surface area (Å²) in [5.41, 5.74) is 8.87. The minimum absolute atomic E-state index is 0.0197. The summed E-state index contributed by atoms with van der Waals surface area (Å²) in [5.74, 6) is 2.43. The van der Waals surface area contributed by atoms with Crippen LogP contribution in [0.25, 0.3) is 0 Å². The maximum atomic E-state index is 6.47. The normalized spacial score (nSPS) is 37.8. The fraction of sp³-hybridized carbons (Fsp3) is 0.647. The summed E-state index contributed by atoms with van der Waals surface area (Å²) >= 11 is 0. The molecule has 0 radical (unpaired) electrons. The second-order valence-electron chi connectivity index (χ2n) is 6.80. The molecule has 1 heterocycles. The molecule has 19 heavy (non-hydrogen) atoms. The third-order valence-electron chi connectivity index (χ3n) is 5.16. The van der Waals surface area contributed by atoms with E-state index >= 15 is 0 Å². The van der Waals surface area contributed by atoms with Crippen molar-refractivity contribution in [1.29, 1.82) is 0 Å². The molecule has 2 aliphatic rings. The average molecular weight is 259 g/mol. The van der Waals surface area contributed by atoms with Crippen LogP contribution in [0.15, 0.2) is 18.2 Å². The molecule has 1 aromatic carbocycles. The van der Waals surface area contributed by atoms with Crippen LogP contribution < -0.4 is 10.5 Å². The second kappa shape index (κ2) is 4.52. The van der Waals surface area contributed by atoms with Crippen molar-refractivity contribution in [2.45, 2.75) is 58.1 Å². The van der Waals surface area contributed by atoms with Crippen LogP contribution in [0.4, 0.5) is 0 Å². The molecule has 3 rings (SSSR count). The summed E-state index contributed by atoms with van der Waals surface area (Å²) in [6.07, 6.45) is 4.64. The van der Waals surface area contributed by atoms with Gasteiger partial charge in [0.2, 0.25) is 0 Å². The molecular formula is C17H25NO. The van der Waals surface area contributed by atoms with Crippen molar-refractivity contribution in [1.82, 2.24) is 0 Å². The van der Waals surface area contributed by atoms with Gasteiger partial charge >= 0.3 is 0 Å². The van der Waals surface area contributed by atoms with Crippen LogP contribution in [-0.4, -0.2) is 5.60 Å². The fourth-order valence-electron chi connectivity index (χ4n) is 3.92. The van der Waals surface area contributed by atoms with E-state index in [0.717, 1.165) is 24.5 Å². The Bertz CT molecular complexity index is 484. The molecule has 1 aromatic rings. The van der Waals surface area contributed by atoms with Crippen molar-refractivity contribution < 1.29 is 4.74 Å². The van der Waals surface area contributed by atoms with E-state index in [2.05, 4.69) is 39.0 Å². The van der Waals surface area contributed by atoms with Gasteiger partial charge in [0.1, 0.15) is 11.4 Å². The SMILES string of the molecule is Cc1ccc2c(c1)[C@@H](N)CC1(CCC(C)CC1C)O2. The van der Waals surface area contributed by atoms with Crippen molar-refractivity contribution in [3.63, 3.8) is 0 Å². The molecule has 0 aromatic heterocycles. The number of hydrogen-bond donors (Lipinski definition) is 1. The largest absolute Gasteiger partial charge is 0.487 e. The minimum Gasteiger partial charge on any atom is -0.487 e. The highest BCUT2D eigenvalue weighted by Gasteiger charge is 2.46. The van der Waals surface area contributed by atoms with E-state index in [4.69, 9.17) is 10.5 Å². The topological polar surface area (TPSA) is 35.2 Å². The molecule has 1 spiro atoms. The van der Waals surface area contributed by atoms with E-state index in [-0.39, 0.29) is 11.6 Å². The predicted octanol–water partition coefficient (Wildman–Crippen LogP) is 3.97. The molecule has 1 aliphatic heterocycles. The summed E-state index contributed by atoms with van der Waals surface area (Å²) in [5, 5.41) is 0. The number of rotatable bonds is 0. The first kappa shape index (κ1) is 13.0. The zero-order valence-corrected chi connectivity index (χ0v) is 12.3. The molecule has 2 heteroatoms. The molecule has 2 N–H and O–H groups in total. The van der Waals surface area contributed by atoms with Gasteiger partial charge in [-0.1, -0.05) is 31.5 Å². The Morgan fingerprint density at radius 1 is 1.32 bits per heavy atom. The van der Waals surface area contributed by atoms with E-state index in [1.807, 2.05) is 0 Å². The van der Waals surface area contributed by atoms with Gasteiger partial charge in [-0.25, -0.2) is 0 Å². The average Bonchev–Trinajstić information content (AvgIpc) is 2.36. The Kier molecular flexibility index (Phi) is 3.09. The number of nitrogens with two attached hydrogens (primary N) is 1. The van der Waals surface area contributed by atoms with Crippen LogP contribution in [0.5, 0.6) is 5.75 Å². The smallest absolute Gasteiger partial charge is 0.124 e. The summed E-state index contributed by atoms with van der Waals surface area (Å²) < 4.78 is 6.47. The van der Waals surface area contributed by atoms with Crippen LogP contribution in [0.1, 0.15) is 56.7 Å². The second-order valence-corrected chi connectivity index (χ2v) is 6.80. The lowest BCUT2D eigenvalue weighted by Crippen LogP contribution is -2.50. The maximum Gasteiger partial charge on any atom is 0.124 e. The van der Waals surface area contributed by atoms with Gasteiger partial charge in [0.05, 0.1) is 0 Å². The third-order valence-corrected chi connectivity index (χ3v) is 5.16. The zero-order chi connectivity index (χ0) is 13.6. The standard InChI is InChI=1S/C17H25NO/c1-11-4-5-16-14(9-11)15(18)10-17(19-16)7-6-12(2)8-13(17)3/h4-5,9,12-13,15H,6-8,10,18H2,1-3H3/t12?,13?,15-,17?/m0/s1. The summed E-state index contributed by atoms with van der Waals surface area (Å²) in [7, 11) is 0. The van der Waals surface area contributed by atoms with Crippen LogP contribution in [-0.2, 0) is 0 Å². The van der Waals surface area contributed by atoms with Crippen LogP contribution in [0.3, 0.4) is 0 Å². The Labute approximate surface area is 116 Å². The number of fused-ring (bicyclic) bond motifs is 1. The molecule has 4 atom stereocenters. The molecule has 1 aliphatic carbocycles. The third kappa shape index (κ3) is 2.16. The zero-order valence-electron chi connectivity index (χ0n) is 12.3. The minimum atomic E-state index is -0.0197. The summed E-state index contributed by atoms with van der Waals surface area (Å²) in [6.45, 7) is 6.80. The summed E-state index contributed by atoms with van der Waals surface area (Å²) in [6, 6.07) is 6.54. The highest BCUT2D eigenvalue weighted by Crippen LogP contribution is 2.49. The Morgan fingerprint density at radius 2 is 2.11 bits per heavy atom. The van der Waals surface area contributed by atoms with Crippen LogP contribution in [0.2, 0.25) is 0 Å². The van der Waals surface area contributed by atoms with Gasteiger partial charge in [0.15, 0.2) is 0 Å². The van der Waals surface area contributed by atoms with Crippen molar-refractivity contribution in [2.75, 3.05) is 0 Å². The van der Waals surface area contributed by atoms with E-state index in [1.165, 1.54) is 24.0 Å². The highest BCUT2D eigenvalue weighted by molar-refractivity contribution is 5.41. The van der Waals surface area contributed by atoms with E-state index in [1.54, 1.807) is 0 Å². The first-order valence-electron chi connectivity index (χ1n) is 7.55. The van der Waals surface area contributed by atoms with Crippen LogP contribution in [0, 0.1) is 18.8 Å². The van der Waals surface area contributed by atoms with Gasteiger partial charge in [-0.3, -0.25) is 0 Å². The monoisotopic (exact) mass is 259 g/mol. The lowest BCUT2D eigenvalue weighted by atomic mass is 9.68. The number of hydrogen-bond acceptors (Lipinski definition) is 2. The fourth-order valence-corrected chi connectivity index (χ4v) is 3.92. The number of benzene rings is 1. The van der Waals surface area contributed by atoms with Crippen molar-refractivity contribution in [2.24, 2.45) is 17.6 Å². The maximum absolute atomic E-state index is 6.47. The molecule has 0 saturated heterocycles. The van der Waals surface area contributed by atoms with Crippen molar-refractivity contribution in [3.05, 3.63) is 29.3 Å².